The summed E-state index contributed by atoms with van der Waals surface area (Å²) in [4.78, 5) is 0. The Morgan fingerprint density at radius 1 is 1.41 bits per heavy atom. The van der Waals surface area contributed by atoms with Crippen LogP contribution in [0.4, 0.5) is 18.9 Å². The number of nitrogens with one attached hydrogen (secondary N) is 1. The lowest BCUT2D eigenvalue weighted by Crippen LogP contribution is -2.40. The first-order chi connectivity index (χ1) is 7.97. The first kappa shape index (κ1) is 12.0. The summed E-state index contributed by atoms with van der Waals surface area (Å²) >= 11 is 0. The molecule has 1 heterocycles. The molecule has 2 rings (SSSR count). The molecule has 0 fully saturated rings. The zero-order chi connectivity index (χ0) is 12.5. The maximum Gasteiger partial charge on any atom is 0.414 e. The predicted molar refractivity (Wildman–Crippen MR) is 55.9 cm³/mol. The number of fused-ring (bicyclic) bond motifs is 1. The van der Waals surface area contributed by atoms with Gasteiger partial charge in [-0.2, -0.15) is 13.2 Å². The van der Waals surface area contributed by atoms with Crippen LogP contribution in [-0.4, -0.2) is 25.1 Å². The molecular weight excluding hydrogens is 235 g/mol. The number of hydrogen-bond acceptors (Lipinski definition) is 3. The molecule has 6 heteroatoms. The highest BCUT2D eigenvalue weighted by molar-refractivity contribution is 5.57. The van der Waals surface area contributed by atoms with E-state index in [2.05, 4.69) is 5.32 Å². The number of ether oxygens (including phenoxy) is 2. The Kier molecular flexibility index (Phi) is 3.15. The van der Waals surface area contributed by atoms with Gasteiger partial charge in [0.05, 0.1) is 12.2 Å². The molecule has 3 nitrogen and oxygen atoms in total. The summed E-state index contributed by atoms with van der Waals surface area (Å²) in [5, 5.41) is 2.95. The van der Waals surface area contributed by atoms with Crippen LogP contribution in [0.25, 0.3) is 0 Å². The third-order valence-electron chi connectivity index (χ3n) is 2.42. The fraction of sp³-hybridized carbons (Fsp3) is 0.455. The summed E-state index contributed by atoms with van der Waals surface area (Å²) in [6.07, 6.45) is -7.15. The second kappa shape index (κ2) is 4.44. The third kappa shape index (κ3) is 2.82. The van der Waals surface area contributed by atoms with Crippen molar-refractivity contribution in [3.63, 3.8) is 0 Å². The van der Waals surface area contributed by atoms with Crippen LogP contribution in [0.15, 0.2) is 24.3 Å². The van der Waals surface area contributed by atoms with Crippen LogP contribution < -0.4 is 10.1 Å². The SMILES string of the molecule is CC(OC1CNc2ccccc2O1)C(F)(F)F. The van der Waals surface area contributed by atoms with Gasteiger partial charge in [0, 0.05) is 0 Å². The predicted octanol–water partition coefficient (Wildman–Crippen LogP) is 2.78. The lowest BCUT2D eigenvalue weighted by atomic mass is 10.2. The van der Waals surface area contributed by atoms with Gasteiger partial charge in [0.25, 0.3) is 0 Å². The van der Waals surface area contributed by atoms with Gasteiger partial charge in [-0.1, -0.05) is 12.1 Å². The molecule has 17 heavy (non-hydrogen) atoms. The summed E-state index contributed by atoms with van der Waals surface area (Å²) < 4.78 is 47.0. The number of halogens is 3. The molecule has 0 amide bonds. The maximum atomic E-state index is 12.3. The van der Waals surface area contributed by atoms with Crippen LogP contribution >= 0.6 is 0 Å². The van der Waals surface area contributed by atoms with Crippen molar-refractivity contribution in [2.45, 2.75) is 25.5 Å². The van der Waals surface area contributed by atoms with E-state index < -0.39 is 18.6 Å². The van der Waals surface area contributed by atoms with Crippen molar-refractivity contribution in [1.82, 2.24) is 0 Å². The fourth-order valence-corrected chi connectivity index (χ4v) is 1.47. The van der Waals surface area contributed by atoms with Crippen molar-refractivity contribution < 1.29 is 22.6 Å². The van der Waals surface area contributed by atoms with Crippen LogP contribution in [0.5, 0.6) is 5.75 Å². The summed E-state index contributed by atoms with van der Waals surface area (Å²) in [5.74, 6) is 0.498. The first-order valence-electron chi connectivity index (χ1n) is 5.18. The van der Waals surface area contributed by atoms with E-state index in [1.165, 1.54) is 0 Å². The Bertz CT molecular complexity index is 395. The fourth-order valence-electron chi connectivity index (χ4n) is 1.47. The standard InChI is InChI=1S/C11H12F3NO2/c1-7(11(12,13)14)16-10-6-15-8-4-2-3-5-9(8)17-10/h2-5,7,10,15H,6H2,1H3. The number of alkyl halides is 3. The van der Waals surface area contributed by atoms with Gasteiger partial charge < -0.3 is 14.8 Å². The molecule has 2 atom stereocenters. The molecule has 94 valence electrons. The monoisotopic (exact) mass is 247 g/mol. The molecule has 0 saturated carbocycles. The van der Waals surface area contributed by atoms with E-state index in [9.17, 15) is 13.2 Å². The second-order valence-electron chi connectivity index (χ2n) is 3.74. The maximum absolute atomic E-state index is 12.3. The van der Waals surface area contributed by atoms with E-state index in [-0.39, 0.29) is 6.54 Å². The van der Waals surface area contributed by atoms with E-state index in [0.29, 0.717) is 5.75 Å². The molecule has 0 spiro atoms. The van der Waals surface area contributed by atoms with Gasteiger partial charge in [0.15, 0.2) is 6.10 Å². The average molecular weight is 247 g/mol. The van der Waals surface area contributed by atoms with Gasteiger partial charge in [0.1, 0.15) is 5.75 Å². The van der Waals surface area contributed by atoms with Crippen molar-refractivity contribution >= 4 is 5.69 Å². The molecule has 2 unspecified atom stereocenters. The second-order valence-corrected chi connectivity index (χ2v) is 3.74. The molecule has 1 aliphatic heterocycles. The van der Waals surface area contributed by atoms with E-state index in [0.717, 1.165) is 12.6 Å². The van der Waals surface area contributed by atoms with E-state index in [1.807, 2.05) is 6.07 Å². The molecule has 1 aliphatic rings. The van der Waals surface area contributed by atoms with Crippen LogP contribution in [0, 0.1) is 0 Å². The zero-order valence-electron chi connectivity index (χ0n) is 9.12. The highest BCUT2D eigenvalue weighted by Crippen LogP contribution is 2.30. The van der Waals surface area contributed by atoms with Crippen molar-refractivity contribution in [3.8, 4) is 5.75 Å². The highest BCUT2D eigenvalue weighted by atomic mass is 19.4. The minimum atomic E-state index is -4.37. The largest absolute Gasteiger partial charge is 0.461 e. The number of rotatable bonds is 2. The number of hydrogen-bond donors (Lipinski definition) is 1. The molecule has 0 radical (unpaired) electrons. The number of anilines is 1. The van der Waals surface area contributed by atoms with E-state index >= 15 is 0 Å². The van der Waals surface area contributed by atoms with E-state index in [1.54, 1.807) is 18.2 Å². The summed E-state index contributed by atoms with van der Waals surface area (Å²) in [6, 6.07) is 7.03. The topological polar surface area (TPSA) is 30.5 Å². The molecule has 0 bridgehead atoms. The van der Waals surface area contributed by atoms with Crippen LogP contribution in [0.2, 0.25) is 0 Å². The summed E-state index contributed by atoms with van der Waals surface area (Å²) in [5.41, 5.74) is 0.756. The van der Waals surface area contributed by atoms with Gasteiger partial charge >= 0.3 is 6.18 Å². The van der Waals surface area contributed by atoms with Crippen LogP contribution in [0.1, 0.15) is 6.92 Å². The lowest BCUT2D eigenvalue weighted by Gasteiger charge is -2.29. The molecule has 0 aliphatic carbocycles. The first-order valence-corrected chi connectivity index (χ1v) is 5.18. The number of para-hydroxylation sites is 2. The quantitative estimate of drug-likeness (QED) is 0.871. The molecular formula is C11H12F3NO2. The smallest absolute Gasteiger partial charge is 0.414 e. The molecule has 0 aromatic heterocycles. The van der Waals surface area contributed by atoms with Crippen molar-refractivity contribution in [2.24, 2.45) is 0 Å². The van der Waals surface area contributed by atoms with Gasteiger partial charge in [-0.3, -0.25) is 0 Å². The Morgan fingerprint density at radius 2 is 2.12 bits per heavy atom. The minimum Gasteiger partial charge on any atom is -0.461 e. The van der Waals surface area contributed by atoms with Gasteiger partial charge in [-0.15, -0.1) is 0 Å². The van der Waals surface area contributed by atoms with Crippen molar-refractivity contribution in [2.75, 3.05) is 11.9 Å². The number of benzene rings is 1. The van der Waals surface area contributed by atoms with Gasteiger partial charge in [-0.25, -0.2) is 0 Å². The minimum absolute atomic E-state index is 0.192. The molecule has 1 aromatic carbocycles. The molecule has 1 aromatic rings. The zero-order valence-corrected chi connectivity index (χ0v) is 9.12. The van der Waals surface area contributed by atoms with Crippen molar-refractivity contribution in [1.29, 1.82) is 0 Å². The summed E-state index contributed by atoms with van der Waals surface area (Å²) in [6.45, 7) is 1.15. The van der Waals surface area contributed by atoms with E-state index in [4.69, 9.17) is 9.47 Å². The third-order valence-corrected chi connectivity index (χ3v) is 2.42. The van der Waals surface area contributed by atoms with Crippen LogP contribution in [0.3, 0.4) is 0 Å². The Morgan fingerprint density at radius 3 is 2.82 bits per heavy atom. The summed E-state index contributed by atoms with van der Waals surface area (Å²) in [7, 11) is 0. The normalized spacial score (nSPS) is 21.1. The van der Waals surface area contributed by atoms with Gasteiger partial charge in [0.2, 0.25) is 6.29 Å². The molecule has 1 N–H and O–H groups in total. The Balaban J connectivity index is 1.99. The average Bonchev–Trinajstić information content (AvgIpc) is 2.27. The van der Waals surface area contributed by atoms with Crippen LogP contribution in [-0.2, 0) is 4.74 Å². The Labute approximate surface area is 96.5 Å². The Hall–Kier alpha value is -1.43. The highest BCUT2D eigenvalue weighted by Gasteiger charge is 2.39. The lowest BCUT2D eigenvalue weighted by molar-refractivity contribution is -0.248. The molecule has 0 saturated heterocycles. The van der Waals surface area contributed by atoms with Crippen molar-refractivity contribution in [3.05, 3.63) is 24.3 Å². The van der Waals surface area contributed by atoms with Gasteiger partial charge in [-0.05, 0) is 19.1 Å².